The van der Waals surface area contributed by atoms with Crippen molar-refractivity contribution in [2.45, 2.75) is 26.3 Å². The van der Waals surface area contributed by atoms with Crippen LogP contribution in [0.4, 0.5) is 0 Å². The Hall–Kier alpha value is -2.61. The molecule has 0 atom stereocenters. The summed E-state index contributed by atoms with van der Waals surface area (Å²) >= 11 is 1.41. The lowest BCUT2D eigenvalue weighted by molar-refractivity contribution is 0.0954. The number of thiazole rings is 1. The van der Waals surface area contributed by atoms with Crippen molar-refractivity contribution < 1.29 is 4.79 Å². The van der Waals surface area contributed by atoms with E-state index in [4.69, 9.17) is 0 Å². The monoisotopic (exact) mass is 449 g/mol. The van der Waals surface area contributed by atoms with Crippen LogP contribution in [0.1, 0.15) is 33.8 Å². The first kappa shape index (κ1) is 22.6. The van der Waals surface area contributed by atoms with E-state index in [2.05, 4.69) is 55.4 Å². The number of rotatable bonds is 9. The fourth-order valence-electron chi connectivity index (χ4n) is 3.96. The number of carbonyl (C=O) groups is 1. The highest BCUT2D eigenvalue weighted by molar-refractivity contribution is 7.17. The van der Waals surface area contributed by atoms with Gasteiger partial charge in [0.25, 0.3) is 5.91 Å². The van der Waals surface area contributed by atoms with E-state index in [-0.39, 0.29) is 5.91 Å². The van der Waals surface area contributed by atoms with Crippen LogP contribution in [-0.4, -0.2) is 64.9 Å². The van der Waals surface area contributed by atoms with E-state index < -0.39 is 0 Å². The van der Waals surface area contributed by atoms with Crippen LogP contribution < -0.4 is 5.32 Å². The van der Waals surface area contributed by atoms with Crippen molar-refractivity contribution in [1.29, 1.82) is 0 Å². The SMILES string of the molecule is Cc1nc(-c2ccccn2)sc1C(=O)NCCCCN1CCN(Cc2ccccc2)CC1. The van der Waals surface area contributed by atoms with Crippen LogP contribution in [0.2, 0.25) is 0 Å². The van der Waals surface area contributed by atoms with Crippen molar-refractivity contribution in [3.8, 4) is 10.7 Å². The van der Waals surface area contributed by atoms with Crippen LogP contribution >= 0.6 is 11.3 Å². The summed E-state index contributed by atoms with van der Waals surface area (Å²) in [6.45, 7) is 9.20. The maximum absolute atomic E-state index is 12.6. The molecule has 1 aromatic carbocycles. The van der Waals surface area contributed by atoms with Gasteiger partial charge in [-0.1, -0.05) is 36.4 Å². The molecule has 6 nitrogen and oxygen atoms in total. The summed E-state index contributed by atoms with van der Waals surface area (Å²) in [6, 6.07) is 16.4. The Morgan fingerprint density at radius 1 is 1.00 bits per heavy atom. The average Bonchev–Trinajstić information content (AvgIpc) is 3.23. The molecule has 3 aromatic rings. The number of benzene rings is 1. The molecule has 1 aliphatic rings. The van der Waals surface area contributed by atoms with E-state index in [1.165, 1.54) is 16.9 Å². The highest BCUT2D eigenvalue weighted by Gasteiger charge is 2.18. The van der Waals surface area contributed by atoms with Crippen LogP contribution in [0, 0.1) is 6.92 Å². The molecule has 0 aliphatic carbocycles. The molecule has 3 heterocycles. The van der Waals surface area contributed by atoms with Crippen molar-refractivity contribution in [2.24, 2.45) is 0 Å². The van der Waals surface area contributed by atoms with Gasteiger partial charge in [0.15, 0.2) is 0 Å². The second kappa shape index (κ2) is 11.3. The second-order valence-electron chi connectivity index (χ2n) is 8.21. The van der Waals surface area contributed by atoms with Gasteiger partial charge in [0.2, 0.25) is 0 Å². The molecule has 0 radical (unpaired) electrons. The van der Waals surface area contributed by atoms with E-state index in [0.717, 1.165) is 68.5 Å². The average molecular weight is 450 g/mol. The smallest absolute Gasteiger partial charge is 0.263 e. The molecular formula is C25H31N5OS. The molecule has 2 aromatic heterocycles. The molecule has 1 N–H and O–H groups in total. The van der Waals surface area contributed by atoms with Crippen LogP contribution in [0.25, 0.3) is 10.7 Å². The Labute approximate surface area is 194 Å². The zero-order valence-electron chi connectivity index (χ0n) is 18.7. The third-order valence-corrected chi connectivity index (χ3v) is 6.97. The Morgan fingerprint density at radius 2 is 1.75 bits per heavy atom. The molecule has 0 saturated carbocycles. The van der Waals surface area contributed by atoms with Crippen LogP contribution in [0.15, 0.2) is 54.7 Å². The summed E-state index contributed by atoms with van der Waals surface area (Å²) in [7, 11) is 0. The fourth-order valence-corrected chi connectivity index (χ4v) is 4.92. The van der Waals surface area contributed by atoms with E-state index in [1.807, 2.05) is 25.1 Å². The number of nitrogens with zero attached hydrogens (tertiary/aromatic N) is 4. The molecule has 1 fully saturated rings. The Kier molecular flexibility index (Phi) is 7.98. The second-order valence-corrected chi connectivity index (χ2v) is 9.21. The van der Waals surface area contributed by atoms with Crippen molar-refractivity contribution in [2.75, 3.05) is 39.3 Å². The number of hydrogen-bond acceptors (Lipinski definition) is 6. The largest absolute Gasteiger partial charge is 0.351 e. The lowest BCUT2D eigenvalue weighted by Gasteiger charge is -2.34. The number of carbonyl (C=O) groups excluding carboxylic acids is 1. The number of pyridine rings is 1. The maximum atomic E-state index is 12.6. The van der Waals surface area contributed by atoms with E-state index in [9.17, 15) is 4.79 Å². The number of aryl methyl sites for hydroxylation is 1. The Bertz CT molecular complexity index is 984. The van der Waals surface area contributed by atoms with Crippen molar-refractivity contribution >= 4 is 17.2 Å². The molecule has 0 unspecified atom stereocenters. The van der Waals surface area contributed by atoms with Gasteiger partial charge in [-0.3, -0.25) is 14.7 Å². The first-order chi connectivity index (χ1) is 15.7. The molecule has 0 spiro atoms. The highest BCUT2D eigenvalue weighted by Crippen LogP contribution is 2.26. The van der Waals surface area contributed by atoms with Gasteiger partial charge >= 0.3 is 0 Å². The third kappa shape index (κ3) is 6.22. The van der Waals surface area contributed by atoms with Crippen LogP contribution in [0.3, 0.4) is 0 Å². The van der Waals surface area contributed by atoms with E-state index >= 15 is 0 Å². The first-order valence-electron chi connectivity index (χ1n) is 11.3. The lowest BCUT2D eigenvalue weighted by atomic mass is 10.2. The predicted octanol–water partition coefficient (Wildman–Crippen LogP) is 3.84. The van der Waals surface area contributed by atoms with Crippen LogP contribution in [0.5, 0.6) is 0 Å². The van der Waals surface area contributed by atoms with Gasteiger partial charge in [0.05, 0.1) is 11.4 Å². The topological polar surface area (TPSA) is 61.4 Å². The van der Waals surface area contributed by atoms with Gasteiger partial charge < -0.3 is 10.2 Å². The minimum absolute atomic E-state index is 0.0308. The lowest BCUT2D eigenvalue weighted by Crippen LogP contribution is -2.46. The summed E-state index contributed by atoms with van der Waals surface area (Å²) in [5, 5.41) is 3.85. The van der Waals surface area contributed by atoms with Crippen LogP contribution in [-0.2, 0) is 6.54 Å². The van der Waals surface area contributed by atoms with Crippen molar-refractivity contribution in [1.82, 2.24) is 25.1 Å². The maximum Gasteiger partial charge on any atom is 0.263 e. The number of amides is 1. The van der Waals surface area contributed by atoms with Gasteiger partial charge in [-0.2, -0.15) is 0 Å². The molecular weight excluding hydrogens is 418 g/mol. The summed E-state index contributed by atoms with van der Waals surface area (Å²) in [5.74, 6) is -0.0308. The molecule has 1 amide bonds. The Balaban J connectivity index is 1.13. The molecule has 0 bridgehead atoms. The Morgan fingerprint density at radius 3 is 2.50 bits per heavy atom. The number of nitrogens with one attached hydrogen (secondary N) is 1. The number of piperazine rings is 1. The molecule has 4 rings (SSSR count). The zero-order chi connectivity index (χ0) is 22.2. The molecule has 32 heavy (non-hydrogen) atoms. The fraction of sp³-hybridized carbons (Fsp3) is 0.400. The zero-order valence-corrected chi connectivity index (χ0v) is 19.5. The number of hydrogen-bond donors (Lipinski definition) is 1. The van der Waals surface area contributed by atoms with Gasteiger partial charge in [-0.05, 0) is 44.0 Å². The summed E-state index contributed by atoms with van der Waals surface area (Å²) in [5.41, 5.74) is 2.96. The third-order valence-electron chi connectivity index (χ3n) is 5.79. The molecule has 1 aliphatic heterocycles. The summed E-state index contributed by atoms with van der Waals surface area (Å²) in [6.07, 6.45) is 3.83. The molecule has 7 heteroatoms. The summed E-state index contributed by atoms with van der Waals surface area (Å²) in [4.78, 5) is 27.2. The highest BCUT2D eigenvalue weighted by atomic mass is 32.1. The molecule has 168 valence electrons. The van der Waals surface area contributed by atoms with Gasteiger partial charge in [-0.15, -0.1) is 11.3 Å². The normalized spacial score (nSPS) is 15.0. The quantitative estimate of drug-likeness (QED) is 0.503. The van der Waals surface area contributed by atoms with Gasteiger partial charge in [0, 0.05) is 45.5 Å². The van der Waals surface area contributed by atoms with Crippen molar-refractivity contribution in [3.05, 3.63) is 70.9 Å². The van der Waals surface area contributed by atoms with Gasteiger partial charge in [-0.25, -0.2) is 4.98 Å². The van der Waals surface area contributed by atoms with E-state index in [0.29, 0.717) is 11.4 Å². The standard InChI is InChI=1S/C25H31N5OS/c1-20-23(32-25(28-20)22-11-5-6-12-26-22)24(31)27-13-7-8-14-29-15-17-30(18-16-29)19-21-9-3-2-4-10-21/h2-6,9-12H,7-8,13-19H2,1H3,(H,27,31). The minimum Gasteiger partial charge on any atom is -0.351 e. The first-order valence-corrected chi connectivity index (χ1v) is 12.2. The predicted molar refractivity (Wildman–Crippen MR) is 130 cm³/mol. The molecule has 1 saturated heterocycles. The number of aromatic nitrogens is 2. The van der Waals surface area contributed by atoms with Crippen molar-refractivity contribution in [3.63, 3.8) is 0 Å². The van der Waals surface area contributed by atoms with Gasteiger partial charge in [0.1, 0.15) is 9.88 Å². The van der Waals surface area contributed by atoms with E-state index in [1.54, 1.807) is 6.20 Å². The summed E-state index contributed by atoms with van der Waals surface area (Å²) < 4.78 is 0. The number of unbranched alkanes of at least 4 members (excludes halogenated alkanes) is 1. The minimum atomic E-state index is -0.0308.